The molecule has 3 rings (SSSR count). The van der Waals surface area contributed by atoms with Crippen molar-refractivity contribution in [2.75, 3.05) is 11.9 Å². The van der Waals surface area contributed by atoms with Crippen LogP contribution in [0.4, 0.5) is 10.1 Å². The van der Waals surface area contributed by atoms with Crippen molar-refractivity contribution in [3.05, 3.63) is 63.4 Å². The Kier molecular flexibility index (Phi) is 4.03. The first-order valence-corrected chi connectivity index (χ1v) is 7.52. The average Bonchev–Trinajstić information content (AvgIpc) is 2.50. The van der Waals surface area contributed by atoms with Crippen LogP contribution in [0.1, 0.15) is 21.5 Å². The molecule has 0 atom stereocenters. The topological polar surface area (TPSA) is 41.1 Å². The smallest absolute Gasteiger partial charge is 0.255 e. The number of amides is 1. The molecule has 21 heavy (non-hydrogen) atoms. The number of hydrogen-bond acceptors (Lipinski definition) is 2. The fraction of sp³-hybridized carbons (Fsp3) is 0.188. The molecular weight excluding hydrogens is 335 g/mol. The van der Waals surface area contributed by atoms with Gasteiger partial charge in [0.25, 0.3) is 5.91 Å². The zero-order valence-corrected chi connectivity index (χ0v) is 12.8. The molecule has 2 N–H and O–H groups in total. The van der Waals surface area contributed by atoms with Gasteiger partial charge in [0.1, 0.15) is 5.82 Å². The summed E-state index contributed by atoms with van der Waals surface area (Å²) in [7, 11) is 0. The molecule has 3 nitrogen and oxygen atoms in total. The van der Waals surface area contributed by atoms with Gasteiger partial charge in [-0.1, -0.05) is 6.07 Å². The molecule has 1 aliphatic rings. The minimum Gasteiger partial charge on any atom is -0.321 e. The Morgan fingerprint density at radius 2 is 2.05 bits per heavy atom. The van der Waals surface area contributed by atoms with E-state index < -0.39 is 0 Å². The summed E-state index contributed by atoms with van der Waals surface area (Å²) in [5.74, 6) is -0.627. The fourth-order valence-electron chi connectivity index (χ4n) is 2.41. The largest absolute Gasteiger partial charge is 0.321 e. The van der Waals surface area contributed by atoms with Crippen molar-refractivity contribution in [3.63, 3.8) is 0 Å². The van der Waals surface area contributed by atoms with E-state index in [1.807, 2.05) is 18.2 Å². The van der Waals surface area contributed by atoms with Crippen LogP contribution in [0.2, 0.25) is 0 Å². The number of nitrogens with one attached hydrogen (secondary N) is 2. The van der Waals surface area contributed by atoms with Crippen LogP contribution in [0.25, 0.3) is 0 Å². The normalized spacial score (nSPS) is 13.6. The van der Waals surface area contributed by atoms with Crippen LogP contribution in [-0.2, 0) is 13.0 Å². The predicted molar refractivity (Wildman–Crippen MR) is 83.9 cm³/mol. The van der Waals surface area contributed by atoms with Gasteiger partial charge in [-0.25, -0.2) is 4.39 Å². The lowest BCUT2D eigenvalue weighted by molar-refractivity contribution is 0.102. The van der Waals surface area contributed by atoms with E-state index in [0.29, 0.717) is 15.7 Å². The van der Waals surface area contributed by atoms with Crippen molar-refractivity contribution >= 4 is 27.5 Å². The van der Waals surface area contributed by atoms with E-state index in [4.69, 9.17) is 0 Å². The summed E-state index contributed by atoms with van der Waals surface area (Å²) in [4.78, 5) is 12.3. The lowest BCUT2D eigenvalue weighted by atomic mass is 9.98. The number of halogens is 2. The maximum Gasteiger partial charge on any atom is 0.255 e. The summed E-state index contributed by atoms with van der Waals surface area (Å²) < 4.78 is 13.9. The second-order valence-electron chi connectivity index (χ2n) is 4.99. The minimum atomic E-state index is -0.386. The van der Waals surface area contributed by atoms with Gasteiger partial charge in [-0.05, 0) is 70.4 Å². The second kappa shape index (κ2) is 5.95. The maximum absolute atomic E-state index is 13.2. The summed E-state index contributed by atoms with van der Waals surface area (Å²) in [6.07, 6.45) is 0.979. The molecule has 0 saturated carbocycles. The summed E-state index contributed by atoms with van der Waals surface area (Å²) >= 11 is 3.30. The van der Waals surface area contributed by atoms with Crippen LogP contribution >= 0.6 is 15.9 Å². The molecule has 0 saturated heterocycles. The van der Waals surface area contributed by atoms with Crippen molar-refractivity contribution in [2.45, 2.75) is 13.0 Å². The molecule has 1 aliphatic heterocycles. The summed E-state index contributed by atoms with van der Waals surface area (Å²) in [6.45, 7) is 1.74. The zero-order chi connectivity index (χ0) is 14.8. The van der Waals surface area contributed by atoms with Gasteiger partial charge in [-0.2, -0.15) is 0 Å². The molecule has 0 bridgehead atoms. The molecule has 0 aliphatic carbocycles. The third-order valence-electron chi connectivity index (χ3n) is 3.53. The Hall–Kier alpha value is -1.72. The van der Waals surface area contributed by atoms with Crippen molar-refractivity contribution in [3.8, 4) is 0 Å². The average molecular weight is 349 g/mol. The third kappa shape index (κ3) is 3.14. The number of fused-ring (bicyclic) bond motifs is 1. The highest BCUT2D eigenvalue weighted by atomic mass is 79.9. The monoisotopic (exact) mass is 348 g/mol. The lowest BCUT2D eigenvalue weighted by Crippen LogP contribution is -2.24. The molecule has 0 spiro atoms. The van der Waals surface area contributed by atoms with Gasteiger partial charge in [0.2, 0.25) is 0 Å². The molecule has 1 amide bonds. The molecular formula is C16H14BrFN2O. The van der Waals surface area contributed by atoms with Crippen molar-refractivity contribution < 1.29 is 9.18 Å². The fourth-order valence-corrected chi connectivity index (χ4v) is 2.76. The Morgan fingerprint density at radius 1 is 1.19 bits per heavy atom. The van der Waals surface area contributed by atoms with Crippen LogP contribution in [0.5, 0.6) is 0 Å². The summed E-state index contributed by atoms with van der Waals surface area (Å²) in [5, 5.41) is 6.01. The predicted octanol–water partition coefficient (Wildman–Crippen LogP) is 3.49. The zero-order valence-electron chi connectivity index (χ0n) is 11.2. The quantitative estimate of drug-likeness (QED) is 0.872. The number of carbonyl (C=O) groups is 1. The first kappa shape index (κ1) is 14.2. The molecule has 1 heterocycles. The summed E-state index contributed by atoms with van der Waals surface area (Å²) in [6, 6.07) is 9.90. The Bertz CT molecular complexity index is 703. The minimum absolute atomic E-state index is 0.241. The van der Waals surface area contributed by atoms with Crippen LogP contribution in [-0.4, -0.2) is 12.5 Å². The molecule has 0 aromatic heterocycles. The van der Waals surface area contributed by atoms with Crippen molar-refractivity contribution in [2.24, 2.45) is 0 Å². The molecule has 0 unspecified atom stereocenters. The van der Waals surface area contributed by atoms with E-state index in [2.05, 4.69) is 26.6 Å². The van der Waals surface area contributed by atoms with Gasteiger partial charge in [0.05, 0.1) is 5.69 Å². The molecule has 0 fully saturated rings. The van der Waals surface area contributed by atoms with Crippen LogP contribution in [0.3, 0.4) is 0 Å². The molecule has 108 valence electrons. The third-order valence-corrected chi connectivity index (χ3v) is 4.22. The van der Waals surface area contributed by atoms with Gasteiger partial charge >= 0.3 is 0 Å². The first-order valence-electron chi connectivity index (χ1n) is 6.72. The SMILES string of the molecule is O=C(Nc1cc(F)ccc1Br)c1ccc2c(c1)CNCC2. The van der Waals surface area contributed by atoms with Crippen LogP contribution in [0, 0.1) is 5.82 Å². The highest BCUT2D eigenvalue weighted by molar-refractivity contribution is 9.10. The first-order chi connectivity index (χ1) is 10.1. The van der Waals surface area contributed by atoms with E-state index in [1.165, 1.54) is 17.7 Å². The summed E-state index contributed by atoms with van der Waals surface area (Å²) in [5.41, 5.74) is 3.42. The van der Waals surface area contributed by atoms with Gasteiger partial charge in [-0.15, -0.1) is 0 Å². The highest BCUT2D eigenvalue weighted by Crippen LogP contribution is 2.24. The Balaban J connectivity index is 1.83. The van der Waals surface area contributed by atoms with E-state index >= 15 is 0 Å². The van der Waals surface area contributed by atoms with Crippen molar-refractivity contribution in [1.29, 1.82) is 0 Å². The standard InChI is InChI=1S/C16H14BrFN2O/c17-14-4-3-13(18)8-15(14)20-16(21)11-2-1-10-5-6-19-9-12(10)7-11/h1-4,7-8,19H,5-6,9H2,(H,20,21). The van der Waals surface area contributed by atoms with E-state index in [1.54, 1.807) is 6.07 Å². The second-order valence-corrected chi connectivity index (χ2v) is 5.84. The van der Waals surface area contributed by atoms with Crippen LogP contribution < -0.4 is 10.6 Å². The Morgan fingerprint density at radius 3 is 2.90 bits per heavy atom. The molecule has 2 aromatic rings. The van der Waals surface area contributed by atoms with Crippen LogP contribution in [0.15, 0.2) is 40.9 Å². The van der Waals surface area contributed by atoms with Gasteiger partial charge in [0, 0.05) is 16.6 Å². The van der Waals surface area contributed by atoms with E-state index in [0.717, 1.165) is 25.1 Å². The number of rotatable bonds is 2. The lowest BCUT2D eigenvalue weighted by Gasteiger charge is -2.17. The number of benzene rings is 2. The number of carbonyl (C=O) groups excluding carboxylic acids is 1. The number of anilines is 1. The molecule has 5 heteroatoms. The number of hydrogen-bond donors (Lipinski definition) is 2. The Labute approximate surface area is 130 Å². The van der Waals surface area contributed by atoms with Gasteiger partial charge < -0.3 is 10.6 Å². The van der Waals surface area contributed by atoms with Gasteiger partial charge in [0.15, 0.2) is 0 Å². The van der Waals surface area contributed by atoms with Crippen molar-refractivity contribution in [1.82, 2.24) is 5.32 Å². The molecule has 2 aromatic carbocycles. The van der Waals surface area contributed by atoms with E-state index in [-0.39, 0.29) is 11.7 Å². The highest BCUT2D eigenvalue weighted by Gasteiger charge is 2.13. The maximum atomic E-state index is 13.2. The van der Waals surface area contributed by atoms with Gasteiger partial charge in [-0.3, -0.25) is 4.79 Å². The molecule has 0 radical (unpaired) electrons. The van der Waals surface area contributed by atoms with E-state index in [9.17, 15) is 9.18 Å².